The Morgan fingerprint density at radius 3 is 1.71 bits per heavy atom. The van der Waals surface area contributed by atoms with Crippen LogP contribution in [0.1, 0.15) is 44.9 Å². The molecule has 0 heterocycles. The first-order valence-electron chi connectivity index (χ1n) is 9.89. The number of azo groups is 1. The SMILES string of the molecule is O=P([O-])([O-])OCCCCCCCCCOc1ccc(N=Nc2ccccc2)cc1.[Na+].[Na+]. The van der Waals surface area contributed by atoms with E-state index in [0.717, 1.165) is 55.6 Å². The normalized spacial score (nSPS) is 11.0. The summed E-state index contributed by atoms with van der Waals surface area (Å²) in [5.41, 5.74) is 1.59. The molecule has 0 N–H and O–H groups in total. The smallest absolute Gasteiger partial charge is 0.790 e. The summed E-state index contributed by atoms with van der Waals surface area (Å²) in [6.45, 7) is 0.658. The Balaban J connectivity index is 0.00000450. The third kappa shape index (κ3) is 16.2. The molecule has 0 aliphatic rings. The summed E-state index contributed by atoms with van der Waals surface area (Å²) in [6, 6.07) is 17.1. The molecule has 0 fully saturated rings. The molecule has 2 aromatic rings. The third-order valence-electron chi connectivity index (χ3n) is 4.18. The van der Waals surface area contributed by atoms with Crippen molar-refractivity contribution in [1.82, 2.24) is 0 Å². The van der Waals surface area contributed by atoms with E-state index < -0.39 is 7.82 Å². The van der Waals surface area contributed by atoms with Crippen molar-refractivity contribution in [3.8, 4) is 5.75 Å². The first-order valence-corrected chi connectivity index (χ1v) is 11.4. The van der Waals surface area contributed by atoms with E-state index in [2.05, 4.69) is 14.8 Å². The fourth-order valence-corrected chi connectivity index (χ4v) is 3.03. The molecule has 0 aliphatic carbocycles. The van der Waals surface area contributed by atoms with Gasteiger partial charge in [0.25, 0.3) is 0 Å². The van der Waals surface area contributed by atoms with E-state index in [1.807, 2.05) is 54.6 Å². The van der Waals surface area contributed by atoms with E-state index in [4.69, 9.17) is 4.74 Å². The van der Waals surface area contributed by atoms with E-state index in [9.17, 15) is 14.4 Å². The minimum Gasteiger partial charge on any atom is -0.790 e. The number of hydrogen-bond donors (Lipinski definition) is 0. The zero-order valence-electron chi connectivity index (χ0n) is 18.4. The van der Waals surface area contributed by atoms with Crippen molar-refractivity contribution in [1.29, 1.82) is 0 Å². The van der Waals surface area contributed by atoms with Gasteiger partial charge in [-0.2, -0.15) is 10.2 Å². The number of ether oxygens (including phenoxy) is 1. The standard InChI is InChI=1S/C21H29N2O5P.2Na/c24-29(25,26)28-18-10-5-3-1-2-4-9-17-27-21-15-13-20(14-16-21)23-22-19-11-7-6-8-12-19;;/h6-8,11-16H,1-5,9-10,17-18H2,(H2,24,25,26);;/q;2*+1/p-2. The van der Waals surface area contributed by atoms with Gasteiger partial charge in [-0.15, -0.1) is 0 Å². The molecular weight excluding hydrogens is 437 g/mol. The van der Waals surface area contributed by atoms with Crippen LogP contribution in [0.15, 0.2) is 64.8 Å². The van der Waals surface area contributed by atoms with Crippen molar-refractivity contribution in [2.24, 2.45) is 10.2 Å². The number of nitrogens with zero attached hydrogens (tertiary/aromatic N) is 2. The van der Waals surface area contributed by atoms with Crippen LogP contribution in [0.25, 0.3) is 0 Å². The van der Waals surface area contributed by atoms with Crippen LogP contribution in [0, 0.1) is 0 Å². The molecule has 0 bridgehead atoms. The Kier molecular flexibility index (Phi) is 18.4. The first kappa shape index (κ1) is 30.9. The maximum atomic E-state index is 10.3. The topological polar surface area (TPSA) is 106 Å². The predicted octanol–water partition coefficient (Wildman–Crippen LogP) is -0.935. The molecule has 7 nitrogen and oxygen atoms in total. The van der Waals surface area contributed by atoms with Crippen molar-refractivity contribution in [2.75, 3.05) is 13.2 Å². The van der Waals surface area contributed by atoms with Crippen LogP contribution in [0.2, 0.25) is 0 Å². The molecule has 0 unspecified atom stereocenters. The molecule has 0 amide bonds. The minimum atomic E-state index is -4.81. The maximum absolute atomic E-state index is 10.3. The van der Waals surface area contributed by atoms with Gasteiger partial charge in [0.05, 0.1) is 32.4 Å². The van der Waals surface area contributed by atoms with Crippen molar-refractivity contribution < 1.29 is 82.7 Å². The monoisotopic (exact) mass is 464 g/mol. The van der Waals surface area contributed by atoms with E-state index in [0.29, 0.717) is 13.0 Å². The fraction of sp³-hybridized carbons (Fsp3) is 0.429. The molecule has 0 aromatic heterocycles. The maximum Gasteiger partial charge on any atom is 1.00 e. The zero-order chi connectivity index (χ0) is 20.8. The summed E-state index contributed by atoms with van der Waals surface area (Å²) in [6.07, 6.45) is 6.71. The van der Waals surface area contributed by atoms with Gasteiger partial charge in [0.15, 0.2) is 0 Å². The van der Waals surface area contributed by atoms with Crippen LogP contribution in [-0.4, -0.2) is 13.2 Å². The van der Waals surface area contributed by atoms with Gasteiger partial charge in [-0.25, -0.2) is 0 Å². The van der Waals surface area contributed by atoms with Crippen LogP contribution in [0.5, 0.6) is 5.75 Å². The Bertz CT molecular complexity index is 773. The second-order valence-corrected chi connectivity index (χ2v) is 7.79. The van der Waals surface area contributed by atoms with E-state index in [1.54, 1.807) is 0 Å². The van der Waals surface area contributed by atoms with E-state index in [-0.39, 0.29) is 65.7 Å². The number of phosphoric ester groups is 1. The van der Waals surface area contributed by atoms with Gasteiger partial charge in [0, 0.05) is 0 Å². The Labute approximate surface area is 228 Å². The van der Waals surface area contributed by atoms with Crippen LogP contribution in [0.4, 0.5) is 11.4 Å². The molecule has 0 spiro atoms. The largest absolute Gasteiger partial charge is 1.00 e. The summed E-state index contributed by atoms with van der Waals surface area (Å²) in [5.74, 6) is 0.817. The van der Waals surface area contributed by atoms with Crippen molar-refractivity contribution in [3.05, 3.63) is 54.6 Å². The molecule has 0 saturated carbocycles. The first-order chi connectivity index (χ1) is 14.0. The molecule has 0 aliphatic heterocycles. The van der Waals surface area contributed by atoms with Crippen LogP contribution in [-0.2, 0) is 9.09 Å². The second kappa shape index (κ2) is 18.4. The summed E-state index contributed by atoms with van der Waals surface area (Å²) in [7, 11) is -4.81. The minimum absolute atomic E-state index is 0. The average molecular weight is 464 g/mol. The third-order valence-corrected chi connectivity index (χ3v) is 4.68. The summed E-state index contributed by atoms with van der Waals surface area (Å²) >= 11 is 0. The average Bonchev–Trinajstić information content (AvgIpc) is 2.71. The van der Waals surface area contributed by atoms with Crippen molar-refractivity contribution in [3.63, 3.8) is 0 Å². The number of rotatable bonds is 14. The summed E-state index contributed by atoms with van der Waals surface area (Å²) < 4.78 is 20.2. The van der Waals surface area contributed by atoms with Gasteiger partial charge in [-0.05, 0) is 49.2 Å². The fourth-order valence-electron chi connectivity index (χ4n) is 2.67. The molecular formula is C21H27N2Na2O5P. The molecule has 0 atom stereocenters. The van der Waals surface area contributed by atoms with E-state index >= 15 is 0 Å². The number of unbranched alkanes of at least 4 members (excludes halogenated alkanes) is 6. The van der Waals surface area contributed by atoms with Gasteiger partial charge in [-0.1, -0.05) is 50.3 Å². The zero-order valence-corrected chi connectivity index (χ0v) is 23.3. The quantitative estimate of drug-likeness (QED) is 0.155. The summed E-state index contributed by atoms with van der Waals surface area (Å²) in [4.78, 5) is 20.6. The van der Waals surface area contributed by atoms with Gasteiger partial charge < -0.3 is 23.6 Å². The van der Waals surface area contributed by atoms with Crippen molar-refractivity contribution in [2.45, 2.75) is 44.9 Å². The molecule has 2 rings (SSSR count). The van der Waals surface area contributed by atoms with Crippen LogP contribution >= 0.6 is 7.82 Å². The number of hydrogen-bond acceptors (Lipinski definition) is 7. The van der Waals surface area contributed by atoms with Gasteiger partial charge in [0.2, 0.25) is 0 Å². The van der Waals surface area contributed by atoms with Crippen molar-refractivity contribution >= 4 is 19.2 Å². The van der Waals surface area contributed by atoms with Gasteiger partial charge >= 0.3 is 59.1 Å². The van der Waals surface area contributed by atoms with Gasteiger partial charge in [0.1, 0.15) is 5.75 Å². The Morgan fingerprint density at radius 1 is 0.677 bits per heavy atom. The van der Waals surface area contributed by atoms with Crippen LogP contribution < -0.4 is 73.6 Å². The molecule has 31 heavy (non-hydrogen) atoms. The predicted molar refractivity (Wildman–Crippen MR) is 108 cm³/mol. The molecule has 0 radical (unpaired) electrons. The number of phosphoric acid groups is 1. The molecule has 158 valence electrons. The molecule has 0 saturated heterocycles. The molecule has 10 heteroatoms. The van der Waals surface area contributed by atoms with Gasteiger partial charge in [-0.3, -0.25) is 0 Å². The number of benzene rings is 2. The van der Waals surface area contributed by atoms with Crippen LogP contribution in [0.3, 0.4) is 0 Å². The Hall–Kier alpha value is -0.0500. The van der Waals surface area contributed by atoms with E-state index in [1.165, 1.54) is 0 Å². The second-order valence-electron chi connectivity index (χ2n) is 6.63. The summed E-state index contributed by atoms with van der Waals surface area (Å²) in [5, 5.41) is 8.38. The molecule has 2 aromatic carbocycles. The Morgan fingerprint density at radius 2 is 1.16 bits per heavy atom.